The maximum Gasteiger partial charge on any atom is 0.336 e. The first-order valence-corrected chi connectivity index (χ1v) is 6.00. The summed E-state index contributed by atoms with van der Waals surface area (Å²) in [4.78, 5) is 11.1. The summed E-state index contributed by atoms with van der Waals surface area (Å²) in [5.74, 6) is -0.971. The summed E-state index contributed by atoms with van der Waals surface area (Å²) >= 11 is 6.07. The minimum Gasteiger partial charge on any atom is -0.478 e. The number of carbonyl (C=O) groups is 1. The molecule has 0 fully saturated rings. The lowest BCUT2D eigenvalue weighted by atomic mass is 10.00. The molecule has 0 atom stereocenters. The maximum atomic E-state index is 11.1. The van der Waals surface area contributed by atoms with Crippen molar-refractivity contribution in [2.24, 2.45) is 0 Å². The van der Waals surface area contributed by atoms with Crippen molar-refractivity contribution in [3.05, 3.63) is 33.8 Å². The van der Waals surface area contributed by atoms with Gasteiger partial charge in [-0.1, -0.05) is 17.7 Å². The van der Waals surface area contributed by atoms with Gasteiger partial charge in [-0.2, -0.15) is 0 Å². The zero-order valence-corrected chi connectivity index (χ0v) is 11.3. The molecule has 4 nitrogen and oxygen atoms in total. The van der Waals surface area contributed by atoms with Crippen molar-refractivity contribution in [1.29, 1.82) is 0 Å². The van der Waals surface area contributed by atoms with E-state index in [9.17, 15) is 4.79 Å². The molecule has 1 aromatic carbocycles. The van der Waals surface area contributed by atoms with E-state index in [-0.39, 0.29) is 5.56 Å². The second kappa shape index (κ2) is 7.36. The first kappa shape index (κ1) is 15.0. The van der Waals surface area contributed by atoms with Crippen LogP contribution in [0.25, 0.3) is 0 Å². The summed E-state index contributed by atoms with van der Waals surface area (Å²) in [6.07, 6.45) is 1.21. The largest absolute Gasteiger partial charge is 0.478 e. The summed E-state index contributed by atoms with van der Waals surface area (Å²) in [6.45, 7) is 1.03. The van der Waals surface area contributed by atoms with Crippen LogP contribution in [0.15, 0.2) is 12.1 Å². The molecule has 0 radical (unpaired) electrons. The SMILES string of the molecule is COCCc1cc(CCOC)c(C(=O)O)cc1Cl. The molecule has 0 aliphatic rings. The van der Waals surface area contributed by atoms with Gasteiger partial charge in [0.15, 0.2) is 0 Å². The van der Waals surface area contributed by atoms with E-state index in [1.165, 1.54) is 6.07 Å². The van der Waals surface area contributed by atoms with Crippen LogP contribution in [-0.4, -0.2) is 38.5 Å². The molecule has 0 aliphatic carbocycles. The molecule has 0 saturated carbocycles. The van der Waals surface area contributed by atoms with E-state index in [1.807, 2.05) is 6.07 Å². The average molecular weight is 273 g/mol. The van der Waals surface area contributed by atoms with Gasteiger partial charge >= 0.3 is 5.97 Å². The van der Waals surface area contributed by atoms with Crippen molar-refractivity contribution in [3.8, 4) is 0 Å². The lowest BCUT2D eigenvalue weighted by Gasteiger charge is -2.11. The van der Waals surface area contributed by atoms with Gasteiger partial charge in [-0.15, -0.1) is 0 Å². The van der Waals surface area contributed by atoms with Gasteiger partial charge in [0.1, 0.15) is 0 Å². The van der Waals surface area contributed by atoms with Crippen LogP contribution in [0.5, 0.6) is 0 Å². The summed E-state index contributed by atoms with van der Waals surface area (Å²) in [6, 6.07) is 3.32. The van der Waals surface area contributed by atoms with Crippen LogP contribution in [-0.2, 0) is 22.3 Å². The predicted octanol–water partition coefficient (Wildman–Crippen LogP) is 2.42. The molecule has 18 heavy (non-hydrogen) atoms. The molecule has 0 amide bonds. The van der Waals surface area contributed by atoms with E-state index in [0.29, 0.717) is 31.1 Å². The van der Waals surface area contributed by atoms with Gasteiger partial charge in [0.25, 0.3) is 0 Å². The number of rotatable bonds is 7. The fourth-order valence-electron chi connectivity index (χ4n) is 1.69. The molecule has 100 valence electrons. The van der Waals surface area contributed by atoms with Gasteiger partial charge in [0, 0.05) is 19.2 Å². The number of hydrogen-bond acceptors (Lipinski definition) is 3. The van der Waals surface area contributed by atoms with Crippen LogP contribution in [0.4, 0.5) is 0 Å². The second-order valence-electron chi connectivity index (χ2n) is 3.89. The molecular weight excluding hydrogens is 256 g/mol. The third-order valence-corrected chi connectivity index (χ3v) is 3.01. The van der Waals surface area contributed by atoms with E-state index >= 15 is 0 Å². The highest BCUT2D eigenvalue weighted by Gasteiger charge is 2.13. The fraction of sp³-hybridized carbons (Fsp3) is 0.462. The fourth-order valence-corrected chi connectivity index (χ4v) is 1.95. The highest BCUT2D eigenvalue weighted by atomic mass is 35.5. The van der Waals surface area contributed by atoms with Crippen molar-refractivity contribution < 1.29 is 19.4 Å². The Hall–Kier alpha value is -1.10. The number of carboxylic acids is 1. The summed E-state index contributed by atoms with van der Waals surface area (Å²) in [5.41, 5.74) is 1.87. The zero-order chi connectivity index (χ0) is 13.5. The molecule has 5 heteroatoms. The Morgan fingerprint density at radius 1 is 1.17 bits per heavy atom. The predicted molar refractivity (Wildman–Crippen MR) is 69.6 cm³/mol. The number of halogens is 1. The number of benzene rings is 1. The van der Waals surface area contributed by atoms with Crippen LogP contribution >= 0.6 is 11.6 Å². The first-order chi connectivity index (χ1) is 8.60. The molecule has 0 aliphatic heterocycles. The summed E-state index contributed by atoms with van der Waals surface area (Å²) < 4.78 is 9.98. The summed E-state index contributed by atoms with van der Waals surface area (Å²) in [5, 5.41) is 9.60. The number of ether oxygens (including phenoxy) is 2. The molecule has 1 aromatic rings. The molecule has 0 spiro atoms. The quantitative estimate of drug-likeness (QED) is 0.828. The summed E-state index contributed by atoms with van der Waals surface area (Å²) in [7, 11) is 3.20. The lowest BCUT2D eigenvalue weighted by Crippen LogP contribution is -2.07. The third kappa shape index (κ3) is 3.98. The minimum atomic E-state index is -0.971. The molecule has 0 aromatic heterocycles. The number of hydrogen-bond donors (Lipinski definition) is 1. The second-order valence-corrected chi connectivity index (χ2v) is 4.30. The maximum absolute atomic E-state index is 11.1. The van der Waals surface area contributed by atoms with Crippen LogP contribution in [0.3, 0.4) is 0 Å². The molecule has 0 unspecified atom stereocenters. The van der Waals surface area contributed by atoms with E-state index in [0.717, 1.165) is 11.1 Å². The number of carboxylic acid groups (broad SMARTS) is 1. The van der Waals surface area contributed by atoms with Gasteiger partial charge in [-0.3, -0.25) is 0 Å². The van der Waals surface area contributed by atoms with Gasteiger partial charge in [-0.25, -0.2) is 4.79 Å². The van der Waals surface area contributed by atoms with Crippen molar-refractivity contribution >= 4 is 17.6 Å². The average Bonchev–Trinajstić information content (AvgIpc) is 2.35. The standard InChI is InChI=1S/C13H17ClO4/c1-17-5-3-9-7-10(4-6-18-2)12(14)8-11(9)13(15)16/h7-8H,3-6H2,1-2H3,(H,15,16). The topological polar surface area (TPSA) is 55.8 Å². The van der Waals surface area contributed by atoms with E-state index in [1.54, 1.807) is 14.2 Å². The normalized spacial score (nSPS) is 10.6. The van der Waals surface area contributed by atoms with Crippen LogP contribution in [0.2, 0.25) is 5.02 Å². The molecule has 1 rings (SSSR count). The Kier molecular flexibility index (Phi) is 6.12. The molecule has 0 bridgehead atoms. The Morgan fingerprint density at radius 2 is 1.72 bits per heavy atom. The third-order valence-electron chi connectivity index (χ3n) is 2.65. The molecule has 0 saturated heterocycles. The smallest absolute Gasteiger partial charge is 0.336 e. The monoisotopic (exact) mass is 272 g/mol. The van der Waals surface area contributed by atoms with Crippen LogP contribution < -0.4 is 0 Å². The van der Waals surface area contributed by atoms with E-state index in [4.69, 9.17) is 26.2 Å². The van der Waals surface area contributed by atoms with E-state index < -0.39 is 5.97 Å². The van der Waals surface area contributed by atoms with E-state index in [2.05, 4.69) is 0 Å². The van der Waals surface area contributed by atoms with Crippen molar-refractivity contribution in [1.82, 2.24) is 0 Å². The van der Waals surface area contributed by atoms with Gasteiger partial charge < -0.3 is 14.6 Å². The van der Waals surface area contributed by atoms with Gasteiger partial charge in [-0.05, 0) is 30.0 Å². The minimum absolute atomic E-state index is 0.234. The van der Waals surface area contributed by atoms with Gasteiger partial charge in [0.2, 0.25) is 0 Å². The first-order valence-electron chi connectivity index (χ1n) is 5.62. The highest BCUT2D eigenvalue weighted by molar-refractivity contribution is 6.31. The van der Waals surface area contributed by atoms with Crippen molar-refractivity contribution in [3.63, 3.8) is 0 Å². The Morgan fingerprint density at radius 3 is 2.22 bits per heavy atom. The van der Waals surface area contributed by atoms with Crippen molar-refractivity contribution in [2.75, 3.05) is 27.4 Å². The van der Waals surface area contributed by atoms with Crippen LogP contribution in [0.1, 0.15) is 21.5 Å². The number of methoxy groups -OCH3 is 2. The van der Waals surface area contributed by atoms with Crippen LogP contribution in [0, 0.1) is 0 Å². The molecule has 0 heterocycles. The van der Waals surface area contributed by atoms with Gasteiger partial charge in [0.05, 0.1) is 18.8 Å². The lowest BCUT2D eigenvalue weighted by molar-refractivity contribution is 0.0695. The number of aromatic carboxylic acids is 1. The molecular formula is C13H17ClO4. The molecule has 1 N–H and O–H groups in total. The highest BCUT2D eigenvalue weighted by Crippen LogP contribution is 2.23. The zero-order valence-electron chi connectivity index (χ0n) is 10.5. The Labute approximate surface area is 111 Å². The Balaban J connectivity index is 3.05. The Bertz CT molecular complexity index is 418. The van der Waals surface area contributed by atoms with Crippen molar-refractivity contribution in [2.45, 2.75) is 12.8 Å².